The maximum atomic E-state index is 13.4. The molecule has 9 heteroatoms. The molecule has 0 aliphatic rings. The van der Waals surface area contributed by atoms with Gasteiger partial charge in [-0.2, -0.15) is 0 Å². The number of hydrogen-bond donors (Lipinski definition) is 1. The lowest BCUT2D eigenvalue weighted by molar-refractivity contribution is 0.0675. The van der Waals surface area contributed by atoms with Crippen molar-refractivity contribution in [3.63, 3.8) is 0 Å². The minimum atomic E-state index is -0.252. The van der Waals surface area contributed by atoms with Crippen LogP contribution in [-0.2, 0) is 17.8 Å². The first-order valence-electron chi connectivity index (χ1n) is 10.7. The van der Waals surface area contributed by atoms with Crippen molar-refractivity contribution in [1.82, 2.24) is 24.4 Å². The van der Waals surface area contributed by atoms with E-state index in [4.69, 9.17) is 4.74 Å². The van der Waals surface area contributed by atoms with Gasteiger partial charge in [-0.05, 0) is 44.2 Å². The molecular formula is C24H25N5O4. The smallest absolute Gasteiger partial charge is 0.272 e. The van der Waals surface area contributed by atoms with Crippen LogP contribution in [0.4, 0.5) is 0 Å². The van der Waals surface area contributed by atoms with Crippen molar-refractivity contribution in [3.05, 3.63) is 80.3 Å². The number of benzene rings is 2. The molecule has 0 unspecified atom stereocenters. The first kappa shape index (κ1) is 22.3. The molecule has 2 aromatic carbocycles. The van der Waals surface area contributed by atoms with Gasteiger partial charge in [0, 0.05) is 25.8 Å². The molecule has 2 aromatic heterocycles. The summed E-state index contributed by atoms with van der Waals surface area (Å²) in [4.78, 5) is 51.5. The number of H-pyrrole nitrogens is 1. The summed E-state index contributed by atoms with van der Waals surface area (Å²) in [5.41, 5.74) is 2.23. The second kappa shape index (κ2) is 9.33. The van der Waals surface area contributed by atoms with Crippen LogP contribution in [0.15, 0.2) is 52.1 Å². The van der Waals surface area contributed by atoms with E-state index in [0.717, 1.165) is 0 Å². The van der Waals surface area contributed by atoms with Gasteiger partial charge in [0.1, 0.15) is 11.5 Å². The third-order valence-electron chi connectivity index (χ3n) is 5.53. The molecule has 0 fully saturated rings. The predicted octanol–water partition coefficient (Wildman–Crippen LogP) is 2.25. The second-order valence-electron chi connectivity index (χ2n) is 7.70. The fourth-order valence-corrected chi connectivity index (χ4v) is 3.85. The van der Waals surface area contributed by atoms with Gasteiger partial charge in [0.25, 0.3) is 17.0 Å². The van der Waals surface area contributed by atoms with Gasteiger partial charge in [0.05, 0.1) is 35.1 Å². The Hall–Kier alpha value is -3.85. The molecule has 0 bridgehead atoms. The fourth-order valence-electron chi connectivity index (χ4n) is 3.85. The SMILES string of the molecule is CCn1c(=O)c(C)nc2cc(C(=O)N(CCOC)Cc3nc4ccccc4c(=O)[nH]3)ccc21. The van der Waals surface area contributed by atoms with Crippen LogP contribution < -0.4 is 11.1 Å². The van der Waals surface area contributed by atoms with E-state index in [2.05, 4.69) is 15.0 Å². The lowest BCUT2D eigenvalue weighted by Gasteiger charge is -2.22. The molecule has 0 spiro atoms. The Labute approximate surface area is 189 Å². The number of nitrogens with one attached hydrogen (secondary N) is 1. The molecule has 1 N–H and O–H groups in total. The molecule has 9 nitrogen and oxygen atoms in total. The Kier molecular flexibility index (Phi) is 6.32. The summed E-state index contributed by atoms with van der Waals surface area (Å²) < 4.78 is 6.82. The van der Waals surface area contributed by atoms with E-state index in [1.165, 1.54) is 0 Å². The van der Waals surface area contributed by atoms with Crippen LogP contribution in [0.3, 0.4) is 0 Å². The molecule has 4 rings (SSSR count). The number of aromatic nitrogens is 4. The van der Waals surface area contributed by atoms with E-state index in [1.54, 1.807) is 59.9 Å². The molecular weight excluding hydrogens is 422 g/mol. The van der Waals surface area contributed by atoms with Crippen LogP contribution in [0.2, 0.25) is 0 Å². The Morgan fingerprint density at radius 2 is 1.91 bits per heavy atom. The van der Waals surface area contributed by atoms with Crippen molar-refractivity contribution >= 4 is 27.8 Å². The number of aromatic amines is 1. The largest absolute Gasteiger partial charge is 0.383 e. The van der Waals surface area contributed by atoms with E-state index in [1.807, 2.05) is 13.0 Å². The van der Waals surface area contributed by atoms with E-state index < -0.39 is 0 Å². The molecule has 1 amide bonds. The number of hydrogen-bond acceptors (Lipinski definition) is 6. The molecule has 33 heavy (non-hydrogen) atoms. The lowest BCUT2D eigenvalue weighted by Crippen LogP contribution is -2.34. The van der Waals surface area contributed by atoms with Crippen molar-refractivity contribution in [2.75, 3.05) is 20.3 Å². The maximum Gasteiger partial charge on any atom is 0.272 e. The zero-order valence-electron chi connectivity index (χ0n) is 18.8. The van der Waals surface area contributed by atoms with E-state index in [0.29, 0.717) is 58.7 Å². The Bertz CT molecular complexity index is 1460. The normalized spacial score (nSPS) is 11.2. The van der Waals surface area contributed by atoms with Gasteiger partial charge in [-0.3, -0.25) is 14.4 Å². The topological polar surface area (TPSA) is 110 Å². The van der Waals surface area contributed by atoms with Crippen molar-refractivity contribution < 1.29 is 9.53 Å². The van der Waals surface area contributed by atoms with Crippen LogP contribution in [-0.4, -0.2) is 50.6 Å². The summed E-state index contributed by atoms with van der Waals surface area (Å²) in [6.07, 6.45) is 0. The summed E-state index contributed by atoms with van der Waals surface area (Å²) in [5, 5.41) is 0.494. The summed E-state index contributed by atoms with van der Waals surface area (Å²) in [5.74, 6) is 0.135. The Morgan fingerprint density at radius 3 is 2.67 bits per heavy atom. The van der Waals surface area contributed by atoms with E-state index in [-0.39, 0.29) is 23.6 Å². The molecule has 0 aliphatic carbocycles. The number of aryl methyl sites for hydroxylation is 2. The number of para-hydroxylation sites is 1. The van der Waals surface area contributed by atoms with Crippen molar-refractivity contribution in [1.29, 1.82) is 0 Å². The highest BCUT2D eigenvalue weighted by Gasteiger charge is 2.19. The summed E-state index contributed by atoms with van der Waals surface area (Å²) >= 11 is 0. The summed E-state index contributed by atoms with van der Waals surface area (Å²) in [6.45, 7) is 4.81. The van der Waals surface area contributed by atoms with Crippen LogP contribution >= 0.6 is 0 Å². The van der Waals surface area contributed by atoms with Gasteiger partial charge in [-0.15, -0.1) is 0 Å². The number of amides is 1. The first-order valence-corrected chi connectivity index (χ1v) is 10.7. The molecule has 2 heterocycles. The minimum absolute atomic E-state index is 0.112. The zero-order chi connectivity index (χ0) is 23.5. The molecule has 0 saturated carbocycles. The third kappa shape index (κ3) is 4.40. The lowest BCUT2D eigenvalue weighted by atomic mass is 10.1. The van der Waals surface area contributed by atoms with Crippen molar-refractivity contribution in [2.45, 2.75) is 26.9 Å². The van der Waals surface area contributed by atoms with Gasteiger partial charge in [0.2, 0.25) is 0 Å². The van der Waals surface area contributed by atoms with Gasteiger partial charge < -0.3 is 19.2 Å². The average molecular weight is 447 g/mol. The second-order valence-corrected chi connectivity index (χ2v) is 7.70. The van der Waals surface area contributed by atoms with Gasteiger partial charge >= 0.3 is 0 Å². The van der Waals surface area contributed by atoms with Gasteiger partial charge in [-0.25, -0.2) is 9.97 Å². The standard InChI is InChI=1S/C24H25N5O4/c1-4-29-20-10-9-16(13-19(20)25-15(2)23(29)31)24(32)28(11-12-33-3)14-21-26-18-8-6-5-7-17(18)22(30)27-21/h5-10,13H,4,11-12,14H2,1-3H3,(H,26,27,30). The van der Waals surface area contributed by atoms with Gasteiger partial charge in [-0.1, -0.05) is 12.1 Å². The average Bonchev–Trinajstić information content (AvgIpc) is 2.82. The Balaban J connectivity index is 1.71. The highest BCUT2D eigenvalue weighted by Crippen LogP contribution is 2.16. The van der Waals surface area contributed by atoms with Crippen molar-refractivity contribution in [2.24, 2.45) is 0 Å². The highest BCUT2D eigenvalue weighted by atomic mass is 16.5. The monoisotopic (exact) mass is 447 g/mol. The molecule has 0 radical (unpaired) electrons. The highest BCUT2D eigenvalue weighted by molar-refractivity contribution is 5.97. The fraction of sp³-hybridized carbons (Fsp3) is 0.292. The van der Waals surface area contributed by atoms with Gasteiger partial charge in [0.15, 0.2) is 0 Å². The molecule has 0 aliphatic heterocycles. The van der Waals surface area contributed by atoms with Crippen LogP contribution in [0, 0.1) is 6.92 Å². The first-order chi connectivity index (χ1) is 15.9. The number of ether oxygens (including phenoxy) is 1. The number of fused-ring (bicyclic) bond motifs is 2. The number of nitrogens with zero attached hydrogens (tertiary/aromatic N) is 4. The molecule has 0 atom stereocenters. The number of carbonyl (C=O) groups excluding carboxylic acids is 1. The molecule has 0 saturated heterocycles. The minimum Gasteiger partial charge on any atom is -0.383 e. The van der Waals surface area contributed by atoms with Crippen LogP contribution in [0.25, 0.3) is 21.9 Å². The summed E-state index contributed by atoms with van der Waals surface area (Å²) in [6, 6.07) is 12.2. The zero-order valence-corrected chi connectivity index (χ0v) is 18.8. The summed E-state index contributed by atoms with van der Waals surface area (Å²) in [7, 11) is 1.56. The molecule has 4 aromatic rings. The third-order valence-corrected chi connectivity index (χ3v) is 5.53. The molecule has 170 valence electrons. The predicted molar refractivity (Wildman–Crippen MR) is 125 cm³/mol. The van der Waals surface area contributed by atoms with E-state index >= 15 is 0 Å². The number of methoxy groups -OCH3 is 1. The van der Waals surface area contributed by atoms with Crippen molar-refractivity contribution in [3.8, 4) is 0 Å². The number of rotatable bonds is 7. The Morgan fingerprint density at radius 1 is 1.12 bits per heavy atom. The maximum absolute atomic E-state index is 13.4. The van der Waals surface area contributed by atoms with Crippen LogP contribution in [0.5, 0.6) is 0 Å². The van der Waals surface area contributed by atoms with E-state index in [9.17, 15) is 14.4 Å². The van der Waals surface area contributed by atoms with Crippen LogP contribution in [0.1, 0.15) is 28.8 Å². The quantitative estimate of drug-likeness (QED) is 0.465. The number of carbonyl (C=O) groups is 1.